The fraction of sp³-hybridized carbons (Fsp3) is 0.500. The van der Waals surface area contributed by atoms with E-state index in [-0.39, 0.29) is 5.91 Å². The molecule has 4 heteroatoms. The molecule has 0 aromatic carbocycles. The van der Waals surface area contributed by atoms with Crippen molar-refractivity contribution in [2.45, 2.75) is 25.3 Å². The van der Waals surface area contributed by atoms with Gasteiger partial charge in [0.25, 0.3) is 0 Å². The van der Waals surface area contributed by atoms with Gasteiger partial charge in [0.15, 0.2) is 0 Å². The minimum atomic E-state index is 0.0962. The first-order valence-corrected chi connectivity index (χ1v) is 4.11. The average molecular weight is 165 g/mol. The van der Waals surface area contributed by atoms with Crippen molar-refractivity contribution in [2.24, 2.45) is 0 Å². The zero-order valence-electron chi connectivity index (χ0n) is 6.71. The van der Waals surface area contributed by atoms with E-state index in [2.05, 4.69) is 15.5 Å². The lowest BCUT2D eigenvalue weighted by atomic mass is 10.2. The lowest BCUT2D eigenvalue weighted by Crippen LogP contribution is -2.26. The second-order valence-electron chi connectivity index (χ2n) is 3.13. The van der Waals surface area contributed by atoms with Crippen LogP contribution in [0.4, 0.5) is 0 Å². The van der Waals surface area contributed by atoms with Crippen molar-refractivity contribution in [3.8, 4) is 0 Å². The Bertz CT molecular complexity index is 264. The van der Waals surface area contributed by atoms with E-state index in [1.807, 2.05) is 0 Å². The summed E-state index contributed by atoms with van der Waals surface area (Å²) in [6.45, 7) is 0. The van der Waals surface area contributed by atoms with Crippen LogP contribution in [-0.2, 0) is 11.2 Å². The van der Waals surface area contributed by atoms with Crippen LogP contribution in [-0.4, -0.2) is 22.1 Å². The van der Waals surface area contributed by atoms with Crippen LogP contribution >= 0.6 is 0 Å². The van der Waals surface area contributed by atoms with Gasteiger partial charge in [0, 0.05) is 12.2 Å². The number of aromatic nitrogens is 2. The monoisotopic (exact) mass is 165 g/mol. The molecule has 0 atom stereocenters. The molecule has 2 rings (SSSR count). The van der Waals surface area contributed by atoms with E-state index < -0.39 is 0 Å². The topological polar surface area (TPSA) is 57.8 Å². The van der Waals surface area contributed by atoms with Gasteiger partial charge in [0.05, 0.1) is 12.6 Å². The molecule has 0 bridgehead atoms. The Morgan fingerprint density at radius 2 is 2.58 bits per heavy atom. The van der Waals surface area contributed by atoms with Crippen molar-refractivity contribution >= 4 is 5.91 Å². The van der Waals surface area contributed by atoms with Crippen molar-refractivity contribution in [2.75, 3.05) is 0 Å². The number of rotatable bonds is 3. The molecule has 0 unspecified atom stereocenters. The smallest absolute Gasteiger partial charge is 0.224 e. The van der Waals surface area contributed by atoms with Gasteiger partial charge in [-0.15, -0.1) is 0 Å². The average Bonchev–Trinajstić information content (AvgIpc) is 2.66. The molecule has 12 heavy (non-hydrogen) atoms. The molecule has 1 heterocycles. The van der Waals surface area contributed by atoms with Gasteiger partial charge in [-0.05, 0) is 18.4 Å². The van der Waals surface area contributed by atoms with E-state index in [1.165, 1.54) is 0 Å². The maximum Gasteiger partial charge on any atom is 0.224 e. The molecule has 2 N–H and O–H groups in total. The quantitative estimate of drug-likeness (QED) is 0.673. The number of hydrogen-bond acceptors (Lipinski definition) is 2. The maximum absolute atomic E-state index is 11.2. The number of nitrogens with zero attached hydrogens (tertiary/aromatic N) is 1. The Morgan fingerprint density at radius 1 is 1.75 bits per heavy atom. The number of carbonyl (C=O) groups is 1. The number of nitrogens with one attached hydrogen (secondary N) is 2. The molecule has 4 nitrogen and oxygen atoms in total. The minimum Gasteiger partial charge on any atom is -0.353 e. The molecule has 1 amide bonds. The number of carbonyl (C=O) groups excluding carboxylic acids is 1. The van der Waals surface area contributed by atoms with E-state index in [0.717, 1.165) is 18.4 Å². The van der Waals surface area contributed by atoms with Crippen LogP contribution < -0.4 is 5.32 Å². The third kappa shape index (κ3) is 1.84. The SMILES string of the molecule is O=C(Cc1cn[nH]c1)NC1CC1. The summed E-state index contributed by atoms with van der Waals surface area (Å²) in [5.74, 6) is 0.0962. The molecule has 64 valence electrons. The van der Waals surface area contributed by atoms with Crippen molar-refractivity contribution in [3.05, 3.63) is 18.0 Å². The molecule has 1 aromatic rings. The van der Waals surface area contributed by atoms with Crippen LogP contribution in [0.25, 0.3) is 0 Å². The zero-order chi connectivity index (χ0) is 8.39. The Labute approximate surface area is 70.4 Å². The zero-order valence-corrected chi connectivity index (χ0v) is 6.71. The summed E-state index contributed by atoms with van der Waals surface area (Å²) < 4.78 is 0. The van der Waals surface area contributed by atoms with Crippen molar-refractivity contribution < 1.29 is 4.79 Å². The Balaban J connectivity index is 1.82. The van der Waals surface area contributed by atoms with E-state index in [4.69, 9.17) is 0 Å². The molecular weight excluding hydrogens is 154 g/mol. The Morgan fingerprint density at radius 3 is 3.17 bits per heavy atom. The predicted molar refractivity (Wildman–Crippen MR) is 43.5 cm³/mol. The fourth-order valence-corrected chi connectivity index (χ4v) is 1.07. The first-order chi connectivity index (χ1) is 5.84. The second-order valence-corrected chi connectivity index (χ2v) is 3.13. The number of amides is 1. The van der Waals surface area contributed by atoms with Crippen LogP contribution in [0.5, 0.6) is 0 Å². The van der Waals surface area contributed by atoms with Crippen molar-refractivity contribution in [1.29, 1.82) is 0 Å². The van der Waals surface area contributed by atoms with E-state index in [1.54, 1.807) is 12.4 Å². The first kappa shape index (κ1) is 7.34. The summed E-state index contributed by atoms with van der Waals surface area (Å²) in [5.41, 5.74) is 0.938. The molecule has 1 aliphatic carbocycles. The molecule has 0 spiro atoms. The van der Waals surface area contributed by atoms with E-state index in [9.17, 15) is 4.79 Å². The molecule has 1 saturated carbocycles. The van der Waals surface area contributed by atoms with Gasteiger partial charge in [-0.3, -0.25) is 9.89 Å². The number of hydrogen-bond donors (Lipinski definition) is 2. The molecule has 1 aromatic heterocycles. The normalized spacial score (nSPS) is 16.0. The van der Waals surface area contributed by atoms with E-state index in [0.29, 0.717) is 12.5 Å². The van der Waals surface area contributed by atoms with Gasteiger partial charge in [-0.25, -0.2) is 0 Å². The third-order valence-electron chi connectivity index (χ3n) is 1.86. The predicted octanol–water partition coefficient (Wildman–Crippen LogP) is 0.231. The molecular formula is C8H11N3O. The highest BCUT2D eigenvalue weighted by molar-refractivity contribution is 5.78. The molecule has 1 aliphatic rings. The van der Waals surface area contributed by atoms with Gasteiger partial charge < -0.3 is 5.32 Å². The highest BCUT2D eigenvalue weighted by Crippen LogP contribution is 2.18. The van der Waals surface area contributed by atoms with Gasteiger partial charge in [-0.2, -0.15) is 5.10 Å². The minimum absolute atomic E-state index is 0.0962. The summed E-state index contributed by atoms with van der Waals surface area (Å²) in [5, 5.41) is 9.35. The number of aromatic amines is 1. The summed E-state index contributed by atoms with van der Waals surface area (Å²) in [6.07, 6.45) is 6.13. The van der Waals surface area contributed by atoms with Gasteiger partial charge in [0.1, 0.15) is 0 Å². The van der Waals surface area contributed by atoms with Gasteiger partial charge in [0.2, 0.25) is 5.91 Å². The maximum atomic E-state index is 11.2. The highest BCUT2D eigenvalue weighted by Gasteiger charge is 2.22. The van der Waals surface area contributed by atoms with Crippen LogP contribution in [0, 0.1) is 0 Å². The van der Waals surface area contributed by atoms with Crippen LogP contribution in [0.1, 0.15) is 18.4 Å². The van der Waals surface area contributed by atoms with Crippen LogP contribution in [0.3, 0.4) is 0 Å². The largest absolute Gasteiger partial charge is 0.353 e. The lowest BCUT2D eigenvalue weighted by Gasteiger charge is -1.99. The third-order valence-corrected chi connectivity index (χ3v) is 1.86. The lowest BCUT2D eigenvalue weighted by molar-refractivity contribution is -0.120. The molecule has 0 aliphatic heterocycles. The summed E-state index contributed by atoms with van der Waals surface area (Å²) in [6, 6.07) is 0.449. The van der Waals surface area contributed by atoms with Crippen LogP contribution in [0.15, 0.2) is 12.4 Å². The highest BCUT2D eigenvalue weighted by atomic mass is 16.1. The van der Waals surface area contributed by atoms with Crippen molar-refractivity contribution in [3.63, 3.8) is 0 Å². The summed E-state index contributed by atoms with van der Waals surface area (Å²) >= 11 is 0. The number of H-pyrrole nitrogens is 1. The summed E-state index contributed by atoms with van der Waals surface area (Å²) in [4.78, 5) is 11.2. The van der Waals surface area contributed by atoms with Crippen molar-refractivity contribution in [1.82, 2.24) is 15.5 Å². The van der Waals surface area contributed by atoms with Gasteiger partial charge in [-0.1, -0.05) is 0 Å². The molecule has 0 saturated heterocycles. The summed E-state index contributed by atoms with van der Waals surface area (Å²) in [7, 11) is 0. The first-order valence-electron chi connectivity index (χ1n) is 4.11. The molecule has 0 radical (unpaired) electrons. The van der Waals surface area contributed by atoms with Gasteiger partial charge >= 0.3 is 0 Å². The Kier molecular flexibility index (Phi) is 1.81. The van der Waals surface area contributed by atoms with Crippen LogP contribution in [0.2, 0.25) is 0 Å². The second kappa shape index (κ2) is 2.97. The standard InChI is InChI=1S/C8H11N3O/c12-8(11-7-1-2-7)3-6-4-9-10-5-6/h4-5,7H,1-3H2,(H,9,10)(H,11,12). The Hall–Kier alpha value is -1.32. The fourth-order valence-electron chi connectivity index (χ4n) is 1.07. The molecule has 1 fully saturated rings. The van der Waals surface area contributed by atoms with E-state index >= 15 is 0 Å².